The molecule has 22 heavy (non-hydrogen) atoms. The number of amides is 2. The molecule has 1 saturated heterocycles. The Morgan fingerprint density at radius 1 is 1.36 bits per heavy atom. The van der Waals surface area contributed by atoms with Crippen LogP contribution >= 0.6 is 0 Å². The quantitative estimate of drug-likeness (QED) is 0.905. The van der Waals surface area contributed by atoms with Crippen molar-refractivity contribution in [3.8, 4) is 0 Å². The smallest absolute Gasteiger partial charge is 0.255 e. The lowest BCUT2D eigenvalue weighted by molar-refractivity contribution is 0.0671. The maximum atomic E-state index is 12.3. The van der Waals surface area contributed by atoms with Crippen molar-refractivity contribution in [2.75, 3.05) is 19.6 Å². The molecule has 2 N–H and O–H groups in total. The molecule has 0 bridgehead atoms. The van der Waals surface area contributed by atoms with Crippen molar-refractivity contribution in [2.24, 2.45) is 5.92 Å². The summed E-state index contributed by atoms with van der Waals surface area (Å²) in [5.74, 6) is 0.197. The zero-order valence-electron chi connectivity index (χ0n) is 12.2. The Bertz CT molecular complexity index is 619. The monoisotopic (exact) mass is 301 g/mol. The molecule has 0 saturated carbocycles. The van der Waals surface area contributed by atoms with Gasteiger partial charge in [-0.25, -0.2) is 0 Å². The molecule has 1 unspecified atom stereocenters. The second-order valence-corrected chi connectivity index (χ2v) is 5.58. The summed E-state index contributed by atoms with van der Waals surface area (Å²) in [6, 6.07) is 3.42. The fourth-order valence-electron chi connectivity index (χ4n) is 2.79. The third-order valence-corrected chi connectivity index (χ3v) is 3.99. The number of H-pyrrole nitrogens is 1. The minimum atomic E-state index is -0.136. The molecule has 116 valence electrons. The molecule has 1 atom stereocenters. The Kier molecular flexibility index (Phi) is 4.27. The molecule has 3 rings (SSSR count). The summed E-state index contributed by atoms with van der Waals surface area (Å²) in [4.78, 5) is 29.0. The SMILES string of the molecule is O=C(NCC1CCCN(C(=O)c2cc[nH]c2)C1)c1ccoc1. The van der Waals surface area contributed by atoms with Crippen LogP contribution in [0.25, 0.3) is 0 Å². The van der Waals surface area contributed by atoms with Crippen LogP contribution in [0.1, 0.15) is 33.6 Å². The van der Waals surface area contributed by atoms with E-state index in [1.807, 2.05) is 4.90 Å². The summed E-state index contributed by atoms with van der Waals surface area (Å²) in [6.07, 6.45) is 8.35. The Balaban J connectivity index is 1.52. The molecular formula is C16H19N3O3. The highest BCUT2D eigenvalue weighted by atomic mass is 16.3. The van der Waals surface area contributed by atoms with Gasteiger partial charge in [0.15, 0.2) is 0 Å². The number of nitrogens with one attached hydrogen (secondary N) is 2. The first-order valence-electron chi connectivity index (χ1n) is 7.46. The van der Waals surface area contributed by atoms with Gasteiger partial charge in [-0.2, -0.15) is 0 Å². The highest BCUT2D eigenvalue weighted by Gasteiger charge is 2.25. The van der Waals surface area contributed by atoms with Crippen LogP contribution in [0.3, 0.4) is 0 Å². The molecule has 2 amide bonds. The number of furan rings is 1. The fraction of sp³-hybridized carbons (Fsp3) is 0.375. The minimum absolute atomic E-state index is 0.0483. The van der Waals surface area contributed by atoms with E-state index in [-0.39, 0.29) is 17.7 Å². The van der Waals surface area contributed by atoms with E-state index in [1.165, 1.54) is 12.5 Å². The molecule has 0 aliphatic carbocycles. The van der Waals surface area contributed by atoms with Crippen molar-refractivity contribution in [1.82, 2.24) is 15.2 Å². The van der Waals surface area contributed by atoms with Gasteiger partial charge in [-0.15, -0.1) is 0 Å². The number of carbonyl (C=O) groups excluding carboxylic acids is 2. The van der Waals surface area contributed by atoms with Gasteiger partial charge in [0.1, 0.15) is 6.26 Å². The summed E-state index contributed by atoms with van der Waals surface area (Å²) in [7, 11) is 0. The fourth-order valence-corrected chi connectivity index (χ4v) is 2.79. The van der Waals surface area contributed by atoms with Gasteiger partial charge in [-0.3, -0.25) is 9.59 Å². The number of carbonyl (C=O) groups is 2. The molecule has 0 spiro atoms. The van der Waals surface area contributed by atoms with Crippen LogP contribution in [-0.2, 0) is 0 Å². The average Bonchev–Trinajstić information content (AvgIpc) is 3.25. The lowest BCUT2D eigenvalue weighted by Crippen LogP contribution is -2.43. The summed E-state index contributed by atoms with van der Waals surface area (Å²) < 4.78 is 4.90. The second-order valence-electron chi connectivity index (χ2n) is 5.58. The maximum absolute atomic E-state index is 12.3. The first-order valence-corrected chi connectivity index (χ1v) is 7.46. The predicted molar refractivity (Wildman–Crippen MR) is 80.5 cm³/mol. The number of aromatic amines is 1. The van der Waals surface area contributed by atoms with E-state index in [9.17, 15) is 9.59 Å². The number of piperidine rings is 1. The summed E-state index contributed by atoms with van der Waals surface area (Å²) in [5, 5.41) is 2.91. The Morgan fingerprint density at radius 3 is 3.00 bits per heavy atom. The van der Waals surface area contributed by atoms with E-state index in [2.05, 4.69) is 10.3 Å². The van der Waals surface area contributed by atoms with Gasteiger partial charge in [-0.05, 0) is 30.9 Å². The number of hydrogen-bond donors (Lipinski definition) is 2. The van der Waals surface area contributed by atoms with E-state index in [0.29, 0.717) is 24.2 Å². The van der Waals surface area contributed by atoms with Gasteiger partial charge < -0.3 is 19.6 Å². The zero-order valence-corrected chi connectivity index (χ0v) is 12.2. The molecule has 1 aliphatic heterocycles. The van der Waals surface area contributed by atoms with Crippen LogP contribution in [0.4, 0.5) is 0 Å². The molecule has 3 heterocycles. The average molecular weight is 301 g/mol. The number of hydrogen-bond acceptors (Lipinski definition) is 3. The Labute approximate surface area is 128 Å². The van der Waals surface area contributed by atoms with Crippen molar-refractivity contribution < 1.29 is 14.0 Å². The standard InChI is InChI=1S/C16H19N3O3/c20-15(14-4-7-22-11-14)18-8-12-2-1-6-19(10-12)16(21)13-3-5-17-9-13/h3-5,7,9,11-12,17H,1-2,6,8,10H2,(H,18,20). The van der Waals surface area contributed by atoms with Crippen molar-refractivity contribution in [3.05, 3.63) is 48.2 Å². The number of nitrogens with zero attached hydrogens (tertiary/aromatic N) is 1. The lowest BCUT2D eigenvalue weighted by Gasteiger charge is -2.32. The molecule has 1 fully saturated rings. The van der Waals surface area contributed by atoms with Crippen molar-refractivity contribution in [1.29, 1.82) is 0 Å². The molecule has 6 heteroatoms. The first-order chi connectivity index (χ1) is 10.7. The minimum Gasteiger partial charge on any atom is -0.472 e. The van der Waals surface area contributed by atoms with Gasteiger partial charge in [0.2, 0.25) is 0 Å². The third-order valence-electron chi connectivity index (χ3n) is 3.99. The first kappa shape index (κ1) is 14.4. The van der Waals surface area contributed by atoms with E-state index in [1.54, 1.807) is 24.5 Å². The molecule has 2 aromatic rings. The van der Waals surface area contributed by atoms with Crippen LogP contribution in [0.15, 0.2) is 41.5 Å². The van der Waals surface area contributed by atoms with Crippen molar-refractivity contribution in [2.45, 2.75) is 12.8 Å². The van der Waals surface area contributed by atoms with Gasteiger partial charge in [0, 0.05) is 32.0 Å². The van der Waals surface area contributed by atoms with Crippen LogP contribution in [0.5, 0.6) is 0 Å². The summed E-state index contributed by atoms with van der Waals surface area (Å²) in [5.41, 5.74) is 1.21. The van der Waals surface area contributed by atoms with Gasteiger partial charge in [-0.1, -0.05) is 0 Å². The van der Waals surface area contributed by atoms with E-state index >= 15 is 0 Å². The highest BCUT2D eigenvalue weighted by Crippen LogP contribution is 2.18. The topological polar surface area (TPSA) is 78.3 Å². The predicted octanol–water partition coefficient (Wildman–Crippen LogP) is 1.89. The third kappa shape index (κ3) is 3.21. The summed E-state index contributed by atoms with van der Waals surface area (Å²) >= 11 is 0. The molecule has 1 aliphatic rings. The van der Waals surface area contributed by atoms with Gasteiger partial charge in [0.25, 0.3) is 11.8 Å². The van der Waals surface area contributed by atoms with E-state index in [4.69, 9.17) is 4.42 Å². The van der Waals surface area contributed by atoms with Gasteiger partial charge in [0.05, 0.1) is 17.4 Å². The number of rotatable bonds is 4. The van der Waals surface area contributed by atoms with Crippen molar-refractivity contribution in [3.63, 3.8) is 0 Å². The van der Waals surface area contributed by atoms with Crippen LogP contribution in [0, 0.1) is 5.92 Å². The van der Waals surface area contributed by atoms with Crippen LogP contribution < -0.4 is 5.32 Å². The molecule has 0 aromatic carbocycles. The summed E-state index contributed by atoms with van der Waals surface area (Å²) in [6.45, 7) is 2.02. The Morgan fingerprint density at radius 2 is 2.27 bits per heavy atom. The molecule has 6 nitrogen and oxygen atoms in total. The van der Waals surface area contributed by atoms with Crippen LogP contribution in [0.2, 0.25) is 0 Å². The van der Waals surface area contributed by atoms with Gasteiger partial charge >= 0.3 is 0 Å². The Hall–Kier alpha value is -2.50. The lowest BCUT2D eigenvalue weighted by atomic mass is 9.97. The molecular weight excluding hydrogens is 282 g/mol. The number of likely N-dealkylation sites (tertiary alicyclic amines) is 1. The highest BCUT2D eigenvalue weighted by molar-refractivity contribution is 5.94. The molecule has 2 aromatic heterocycles. The van der Waals surface area contributed by atoms with Crippen LogP contribution in [-0.4, -0.2) is 41.3 Å². The second kappa shape index (κ2) is 6.51. The van der Waals surface area contributed by atoms with Crippen molar-refractivity contribution >= 4 is 11.8 Å². The molecule has 0 radical (unpaired) electrons. The normalized spacial score (nSPS) is 18.2. The van der Waals surface area contributed by atoms with E-state index in [0.717, 1.165) is 19.4 Å². The van der Waals surface area contributed by atoms with E-state index < -0.39 is 0 Å². The maximum Gasteiger partial charge on any atom is 0.255 e. The number of aromatic nitrogens is 1. The largest absolute Gasteiger partial charge is 0.472 e. The zero-order chi connectivity index (χ0) is 15.4.